The fourth-order valence-corrected chi connectivity index (χ4v) is 2.98. The van der Waals surface area contributed by atoms with E-state index in [2.05, 4.69) is 18.0 Å². The molecule has 1 aliphatic rings. The normalized spacial score (nSPS) is 22.3. The standard InChI is InChI=1S/C19H29FN4O3/c1-6-19(4,20)8-7-16(25)22-14(3)18(27)23(5)12-17(26)24-11-13(2)9-15(24)10-21/h6,13-15H,1,7-9,11-12H2,2-5H3,(H,22,25). The second-order valence-electron chi connectivity index (χ2n) is 7.50. The molecule has 4 unspecified atom stereocenters. The van der Waals surface area contributed by atoms with Crippen molar-refractivity contribution in [3.63, 3.8) is 0 Å². The molecule has 1 saturated heterocycles. The molecule has 0 radical (unpaired) electrons. The quantitative estimate of drug-likeness (QED) is 0.644. The van der Waals surface area contributed by atoms with Crippen molar-refractivity contribution >= 4 is 17.7 Å². The van der Waals surface area contributed by atoms with Gasteiger partial charge in [-0.3, -0.25) is 14.4 Å². The van der Waals surface area contributed by atoms with Gasteiger partial charge in [0.1, 0.15) is 17.8 Å². The first-order valence-corrected chi connectivity index (χ1v) is 9.06. The molecule has 1 heterocycles. The number of amides is 3. The number of nitriles is 1. The van der Waals surface area contributed by atoms with Gasteiger partial charge in [-0.25, -0.2) is 4.39 Å². The van der Waals surface area contributed by atoms with Crippen molar-refractivity contribution < 1.29 is 18.8 Å². The van der Waals surface area contributed by atoms with Crippen LogP contribution in [0.15, 0.2) is 12.7 Å². The Kier molecular flexibility index (Phi) is 7.95. The highest BCUT2D eigenvalue weighted by atomic mass is 19.1. The molecule has 27 heavy (non-hydrogen) atoms. The summed E-state index contributed by atoms with van der Waals surface area (Å²) in [6.07, 6.45) is 1.67. The maximum atomic E-state index is 13.7. The Labute approximate surface area is 160 Å². The molecule has 1 aliphatic heterocycles. The van der Waals surface area contributed by atoms with Crippen LogP contribution in [0.5, 0.6) is 0 Å². The lowest BCUT2D eigenvalue weighted by Crippen LogP contribution is -2.49. The van der Waals surface area contributed by atoms with Gasteiger partial charge in [0.05, 0.1) is 12.6 Å². The van der Waals surface area contributed by atoms with Gasteiger partial charge in [0.25, 0.3) is 0 Å². The Morgan fingerprint density at radius 1 is 1.52 bits per heavy atom. The average Bonchev–Trinajstić information content (AvgIpc) is 3.00. The van der Waals surface area contributed by atoms with Crippen LogP contribution in [-0.4, -0.2) is 65.4 Å². The topological polar surface area (TPSA) is 93.5 Å². The van der Waals surface area contributed by atoms with E-state index in [1.165, 1.54) is 30.7 Å². The summed E-state index contributed by atoms with van der Waals surface area (Å²) in [5.41, 5.74) is -1.64. The Morgan fingerprint density at radius 2 is 2.15 bits per heavy atom. The number of halogens is 1. The van der Waals surface area contributed by atoms with Crippen molar-refractivity contribution in [2.24, 2.45) is 5.92 Å². The number of alkyl halides is 1. The van der Waals surface area contributed by atoms with Crippen LogP contribution in [0.4, 0.5) is 4.39 Å². The van der Waals surface area contributed by atoms with Gasteiger partial charge in [-0.05, 0) is 32.6 Å². The summed E-state index contributed by atoms with van der Waals surface area (Å²) in [4.78, 5) is 39.4. The van der Waals surface area contributed by atoms with Crippen LogP contribution in [0, 0.1) is 17.2 Å². The van der Waals surface area contributed by atoms with Gasteiger partial charge in [-0.2, -0.15) is 5.26 Å². The number of likely N-dealkylation sites (tertiary alicyclic amines) is 1. The van der Waals surface area contributed by atoms with E-state index in [4.69, 9.17) is 5.26 Å². The van der Waals surface area contributed by atoms with Crippen LogP contribution >= 0.6 is 0 Å². The molecule has 4 atom stereocenters. The number of likely N-dealkylation sites (N-methyl/N-ethyl adjacent to an activating group) is 1. The fourth-order valence-electron chi connectivity index (χ4n) is 2.98. The second-order valence-corrected chi connectivity index (χ2v) is 7.50. The van der Waals surface area contributed by atoms with E-state index in [0.717, 1.165) is 6.08 Å². The van der Waals surface area contributed by atoms with E-state index in [9.17, 15) is 18.8 Å². The number of carbonyl (C=O) groups is 3. The molecule has 1 fully saturated rings. The molecule has 8 heteroatoms. The average molecular weight is 380 g/mol. The molecule has 0 saturated carbocycles. The highest BCUT2D eigenvalue weighted by molar-refractivity contribution is 5.90. The monoisotopic (exact) mass is 380 g/mol. The van der Waals surface area contributed by atoms with Crippen LogP contribution in [0.25, 0.3) is 0 Å². The van der Waals surface area contributed by atoms with Gasteiger partial charge < -0.3 is 15.1 Å². The van der Waals surface area contributed by atoms with Crippen molar-refractivity contribution in [1.29, 1.82) is 5.26 Å². The number of hydrogen-bond donors (Lipinski definition) is 1. The number of nitrogens with zero attached hydrogens (tertiary/aromatic N) is 3. The molecule has 0 aromatic carbocycles. The van der Waals surface area contributed by atoms with Gasteiger partial charge in [-0.1, -0.05) is 19.6 Å². The Bertz CT molecular complexity index is 629. The number of allylic oxidation sites excluding steroid dienone is 1. The predicted octanol–water partition coefficient (Wildman–Crippen LogP) is 1.40. The zero-order chi connectivity index (χ0) is 20.8. The second kappa shape index (κ2) is 9.49. The van der Waals surface area contributed by atoms with Gasteiger partial charge in [0, 0.05) is 20.0 Å². The summed E-state index contributed by atoms with van der Waals surface area (Å²) in [5, 5.41) is 11.7. The molecular formula is C19H29FN4O3. The van der Waals surface area contributed by atoms with Crippen LogP contribution in [-0.2, 0) is 14.4 Å². The summed E-state index contributed by atoms with van der Waals surface area (Å²) in [6, 6.07) is 0.811. The maximum absolute atomic E-state index is 13.7. The first-order valence-electron chi connectivity index (χ1n) is 9.06. The van der Waals surface area contributed by atoms with Crippen LogP contribution in [0.3, 0.4) is 0 Å². The molecule has 1 N–H and O–H groups in total. The van der Waals surface area contributed by atoms with E-state index in [-0.39, 0.29) is 31.2 Å². The van der Waals surface area contributed by atoms with Crippen molar-refractivity contribution in [3.8, 4) is 6.07 Å². The molecule has 7 nitrogen and oxygen atoms in total. The summed E-state index contributed by atoms with van der Waals surface area (Å²) < 4.78 is 13.7. The highest BCUT2D eigenvalue weighted by Gasteiger charge is 2.34. The summed E-state index contributed by atoms with van der Waals surface area (Å²) >= 11 is 0. The van der Waals surface area contributed by atoms with Gasteiger partial charge in [0.15, 0.2) is 0 Å². The minimum absolute atomic E-state index is 0.0275. The zero-order valence-corrected chi connectivity index (χ0v) is 16.5. The predicted molar refractivity (Wildman–Crippen MR) is 99.1 cm³/mol. The lowest BCUT2D eigenvalue weighted by Gasteiger charge is -2.26. The molecule has 0 aromatic heterocycles. The first kappa shape index (κ1) is 22.6. The lowest BCUT2D eigenvalue weighted by molar-refractivity contribution is -0.141. The van der Waals surface area contributed by atoms with Crippen molar-refractivity contribution in [3.05, 3.63) is 12.7 Å². The van der Waals surface area contributed by atoms with Gasteiger partial charge >= 0.3 is 0 Å². The highest BCUT2D eigenvalue weighted by Crippen LogP contribution is 2.22. The molecule has 150 valence electrons. The third-order valence-corrected chi connectivity index (χ3v) is 4.74. The SMILES string of the molecule is C=CC(C)(F)CCC(=O)NC(C)C(=O)N(C)CC(=O)N1CC(C)CC1C#N. The Balaban J connectivity index is 2.52. The van der Waals surface area contributed by atoms with E-state index in [1.807, 2.05) is 6.92 Å². The molecular weight excluding hydrogens is 351 g/mol. The third-order valence-electron chi connectivity index (χ3n) is 4.74. The molecule has 0 spiro atoms. The van der Waals surface area contributed by atoms with Crippen LogP contribution in [0.2, 0.25) is 0 Å². The van der Waals surface area contributed by atoms with Crippen LogP contribution < -0.4 is 5.32 Å². The van der Waals surface area contributed by atoms with E-state index in [0.29, 0.717) is 13.0 Å². The summed E-state index contributed by atoms with van der Waals surface area (Å²) in [7, 11) is 1.47. The molecule has 0 bridgehead atoms. The Morgan fingerprint density at radius 3 is 2.70 bits per heavy atom. The van der Waals surface area contributed by atoms with E-state index >= 15 is 0 Å². The van der Waals surface area contributed by atoms with Crippen molar-refractivity contribution in [2.45, 2.75) is 57.8 Å². The minimum Gasteiger partial charge on any atom is -0.345 e. The minimum atomic E-state index is -1.64. The summed E-state index contributed by atoms with van der Waals surface area (Å²) in [6.45, 7) is 8.52. The van der Waals surface area contributed by atoms with E-state index < -0.39 is 29.6 Å². The number of carbonyl (C=O) groups excluding carboxylic acids is 3. The Hall–Kier alpha value is -2.43. The van der Waals surface area contributed by atoms with Gasteiger partial charge in [-0.15, -0.1) is 0 Å². The van der Waals surface area contributed by atoms with Gasteiger partial charge in [0.2, 0.25) is 17.7 Å². The van der Waals surface area contributed by atoms with Crippen molar-refractivity contribution in [1.82, 2.24) is 15.1 Å². The molecule has 1 rings (SSSR count). The lowest BCUT2D eigenvalue weighted by atomic mass is 10.0. The number of hydrogen-bond acceptors (Lipinski definition) is 4. The third kappa shape index (κ3) is 6.66. The summed E-state index contributed by atoms with van der Waals surface area (Å²) in [5.74, 6) is -0.919. The smallest absolute Gasteiger partial charge is 0.245 e. The maximum Gasteiger partial charge on any atom is 0.245 e. The largest absolute Gasteiger partial charge is 0.345 e. The fraction of sp³-hybridized carbons (Fsp3) is 0.684. The van der Waals surface area contributed by atoms with Crippen LogP contribution in [0.1, 0.15) is 40.0 Å². The first-order chi connectivity index (χ1) is 12.5. The molecule has 3 amide bonds. The number of nitrogens with one attached hydrogen (secondary N) is 1. The van der Waals surface area contributed by atoms with Crippen molar-refractivity contribution in [2.75, 3.05) is 20.1 Å². The molecule has 0 aliphatic carbocycles. The number of rotatable bonds is 8. The zero-order valence-electron chi connectivity index (χ0n) is 16.5. The van der Waals surface area contributed by atoms with E-state index in [1.54, 1.807) is 0 Å². The molecule has 0 aromatic rings.